The van der Waals surface area contributed by atoms with E-state index in [1.54, 1.807) is 18.4 Å². The summed E-state index contributed by atoms with van der Waals surface area (Å²) < 4.78 is 0. The highest BCUT2D eigenvalue weighted by Gasteiger charge is 2.21. The van der Waals surface area contributed by atoms with E-state index in [1.165, 1.54) is 22.6 Å². The van der Waals surface area contributed by atoms with Crippen LogP contribution in [0.15, 0.2) is 16.4 Å². The molecule has 0 atom stereocenters. The van der Waals surface area contributed by atoms with Gasteiger partial charge in [0.2, 0.25) is 5.91 Å². The van der Waals surface area contributed by atoms with E-state index < -0.39 is 0 Å². The quantitative estimate of drug-likeness (QED) is 0.446. The van der Waals surface area contributed by atoms with Gasteiger partial charge in [-0.1, -0.05) is 0 Å². The van der Waals surface area contributed by atoms with Crippen LogP contribution in [0.2, 0.25) is 0 Å². The van der Waals surface area contributed by atoms with Crippen LogP contribution >= 0.6 is 23.1 Å². The zero-order valence-electron chi connectivity index (χ0n) is 13.9. The monoisotopic (exact) mass is 354 g/mol. The van der Waals surface area contributed by atoms with Crippen molar-refractivity contribution in [3.63, 3.8) is 0 Å². The Morgan fingerprint density at radius 2 is 2.30 bits per heavy atom. The zero-order chi connectivity index (χ0) is 16.5. The summed E-state index contributed by atoms with van der Waals surface area (Å²) in [6.07, 6.45) is 5.41. The summed E-state index contributed by atoms with van der Waals surface area (Å²) in [6.45, 7) is 2.73. The van der Waals surface area contributed by atoms with Crippen LogP contribution in [0.3, 0.4) is 0 Å². The minimum atomic E-state index is 0.132. The highest BCUT2D eigenvalue weighted by atomic mass is 32.2. The van der Waals surface area contributed by atoms with Crippen LogP contribution in [0.5, 0.6) is 0 Å². The molecule has 0 radical (unpaired) electrons. The maximum Gasteiger partial charge on any atom is 0.242 e. The molecule has 0 aromatic carbocycles. The number of thiophene rings is 1. The number of hydrogen-bond donors (Lipinski definition) is 2. The summed E-state index contributed by atoms with van der Waals surface area (Å²) in [5.74, 6) is 2.02. The maximum atomic E-state index is 12.3. The lowest BCUT2D eigenvalue weighted by Crippen LogP contribution is -2.45. The first-order valence-corrected chi connectivity index (χ1v) is 10.3. The second-order valence-electron chi connectivity index (χ2n) is 5.49. The average molecular weight is 355 g/mol. The van der Waals surface area contributed by atoms with Gasteiger partial charge in [0.15, 0.2) is 5.96 Å². The third kappa shape index (κ3) is 5.73. The fourth-order valence-electron chi connectivity index (χ4n) is 2.53. The highest BCUT2D eigenvalue weighted by molar-refractivity contribution is 7.98. The molecule has 128 valence electrons. The second-order valence-corrected chi connectivity index (χ2v) is 7.47. The number of rotatable bonds is 7. The van der Waals surface area contributed by atoms with Crippen molar-refractivity contribution in [2.75, 3.05) is 38.7 Å². The molecule has 1 aromatic heterocycles. The standard InChI is InChI=1S/C16H26N4OS2/c1-17-16(18-7-3-4-9-22-2)19-11-15(21)20-8-5-14-13(12-20)6-10-23-14/h6,10H,3-5,7-9,11-12H2,1-2H3,(H2,17,18,19). The number of thioether (sulfide) groups is 1. The van der Waals surface area contributed by atoms with Crippen molar-refractivity contribution in [1.82, 2.24) is 15.5 Å². The molecule has 7 heteroatoms. The Bertz CT molecular complexity index is 530. The average Bonchev–Trinajstić information content (AvgIpc) is 3.04. The highest BCUT2D eigenvalue weighted by Crippen LogP contribution is 2.23. The SMILES string of the molecule is CN=C(NCCCCSC)NCC(=O)N1CCc2sccc2C1. The van der Waals surface area contributed by atoms with E-state index in [1.807, 2.05) is 16.7 Å². The summed E-state index contributed by atoms with van der Waals surface area (Å²) >= 11 is 3.66. The number of aliphatic imine (C=N–C) groups is 1. The van der Waals surface area contributed by atoms with Gasteiger partial charge in [0.05, 0.1) is 6.54 Å². The zero-order valence-corrected chi connectivity index (χ0v) is 15.6. The predicted octanol–water partition coefficient (Wildman–Crippen LogP) is 1.94. The van der Waals surface area contributed by atoms with Crippen molar-refractivity contribution >= 4 is 35.0 Å². The Morgan fingerprint density at radius 3 is 3.09 bits per heavy atom. The van der Waals surface area contributed by atoms with Crippen LogP contribution in [0, 0.1) is 0 Å². The third-order valence-corrected chi connectivity index (χ3v) is 5.58. The summed E-state index contributed by atoms with van der Waals surface area (Å²) in [4.78, 5) is 19.9. The number of nitrogens with zero attached hydrogens (tertiary/aromatic N) is 2. The Balaban J connectivity index is 1.69. The summed E-state index contributed by atoms with van der Waals surface area (Å²) in [6, 6.07) is 2.13. The molecule has 0 aliphatic carbocycles. The summed E-state index contributed by atoms with van der Waals surface area (Å²) in [7, 11) is 1.74. The van der Waals surface area contributed by atoms with E-state index in [9.17, 15) is 4.79 Å². The number of unbranched alkanes of at least 4 members (excludes halogenated alkanes) is 1. The van der Waals surface area contributed by atoms with Crippen LogP contribution in [-0.2, 0) is 17.8 Å². The number of amides is 1. The third-order valence-electron chi connectivity index (χ3n) is 3.86. The van der Waals surface area contributed by atoms with Gasteiger partial charge in [0.25, 0.3) is 0 Å². The summed E-state index contributed by atoms with van der Waals surface area (Å²) in [5.41, 5.74) is 1.30. The van der Waals surface area contributed by atoms with E-state index in [2.05, 4.69) is 33.3 Å². The Kier molecular flexibility index (Phi) is 7.74. The number of fused-ring (bicyclic) bond motifs is 1. The number of hydrogen-bond acceptors (Lipinski definition) is 4. The van der Waals surface area contributed by atoms with Crippen molar-refractivity contribution in [3.05, 3.63) is 21.9 Å². The van der Waals surface area contributed by atoms with E-state index in [-0.39, 0.29) is 5.91 Å². The van der Waals surface area contributed by atoms with Crippen molar-refractivity contribution in [2.24, 2.45) is 4.99 Å². The largest absolute Gasteiger partial charge is 0.356 e. The van der Waals surface area contributed by atoms with E-state index in [4.69, 9.17) is 0 Å². The molecule has 2 rings (SSSR count). The van der Waals surface area contributed by atoms with E-state index in [0.29, 0.717) is 12.5 Å². The molecule has 1 aromatic rings. The van der Waals surface area contributed by atoms with Crippen LogP contribution in [0.4, 0.5) is 0 Å². The fourth-order valence-corrected chi connectivity index (χ4v) is 3.91. The molecule has 0 spiro atoms. The van der Waals surface area contributed by atoms with Crippen molar-refractivity contribution in [1.29, 1.82) is 0 Å². The van der Waals surface area contributed by atoms with Crippen molar-refractivity contribution < 1.29 is 4.79 Å². The molecule has 1 amide bonds. The molecule has 0 bridgehead atoms. The number of carbonyl (C=O) groups is 1. The molecule has 0 saturated heterocycles. The molecule has 2 heterocycles. The lowest BCUT2D eigenvalue weighted by molar-refractivity contribution is -0.130. The first-order chi connectivity index (χ1) is 11.2. The molecular formula is C16H26N4OS2. The molecule has 1 aliphatic heterocycles. The van der Waals surface area contributed by atoms with Crippen LogP contribution < -0.4 is 10.6 Å². The first-order valence-electron chi connectivity index (χ1n) is 8.01. The van der Waals surface area contributed by atoms with Gasteiger partial charge >= 0.3 is 0 Å². The molecular weight excluding hydrogens is 328 g/mol. The van der Waals surface area contributed by atoms with Crippen LogP contribution in [0.25, 0.3) is 0 Å². The van der Waals surface area contributed by atoms with Gasteiger partial charge in [-0.2, -0.15) is 11.8 Å². The maximum absolute atomic E-state index is 12.3. The van der Waals surface area contributed by atoms with Gasteiger partial charge in [-0.15, -0.1) is 11.3 Å². The van der Waals surface area contributed by atoms with Crippen molar-refractivity contribution in [2.45, 2.75) is 25.8 Å². The molecule has 1 aliphatic rings. The summed E-state index contributed by atoms with van der Waals surface area (Å²) in [5, 5.41) is 8.49. The Morgan fingerprint density at radius 1 is 1.43 bits per heavy atom. The Hall–Kier alpha value is -1.21. The van der Waals surface area contributed by atoms with E-state index in [0.717, 1.165) is 32.5 Å². The number of guanidine groups is 1. The van der Waals surface area contributed by atoms with Gasteiger partial charge in [0.1, 0.15) is 0 Å². The normalized spacial score (nSPS) is 14.5. The van der Waals surface area contributed by atoms with Gasteiger partial charge in [-0.05, 0) is 48.3 Å². The number of nitrogens with one attached hydrogen (secondary N) is 2. The topological polar surface area (TPSA) is 56.7 Å². The number of carbonyl (C=O) groups excluding carboxylic acids is 1. The molecule has 5 nitrogen and oxygen atoms in total. The van der Waals surface area contributed by atoms with Crippen molar-refractivity contribution in [3.8, 4) is 0 Å². The van der Waals surface area contributed by atoms with Gasteiger partial charge in [-0.3, -0.25) is 9.79 Å². The minimum absolute atomic E-state index is 0.132. The lowest BCUT2D eigenvalue weighted by atomic mass is 10.1. The van der Waals surface area contributed by atoms with Gasteiger partial charge in [0, 0.05) is 31.6 Å². The molecule has 0 fully saturated rings. The lowest BCUT2D eigenvalue weighted by Gasteiger charge is -2.27. The molecule has 23 heavy (non-hydrogen) atoms. The smallest absolute Gasteiger partial charge is 0.242 e. The second kappa shape index (κ2) is 9.82. The van der Waals surface area contributed by atoms with Crippen LogP contribution in [0.1, 0.15) is 23.3 Å². The van der Waals surface area contributed by atoms with E-state index >= 15 is 0 Å². The fraction of sp³-hybridized carbons (Fsp3) is 0.625. The van der Waals surface area contributed by atoms with Crippen LogP contribution in [-0.4, -0.2) is 55.5 Å². The predicted molar refractivity (Wildman–Crippen MR) is 100 cm³/mol. The van der Waals surface area contributed by atoms with Gasteiger partial charge in [-0.25, -0.2) is 0 Å². The first kappa shape index (κ1) is 18.1. The molecule has 0 saturated carbocycles. The minimum Gasteiger partial charge on any atom is -0.356 e. The Labute approximate surface area is 146 Å². The molecule has 0 unspecified atom stereocenters. The van der Waals surface area contributed by atoms with Gasteiger partial charge < -0.3 is 15.5 Å². The molecule has 2 N–H and O–H groups in total.